The maximum absolute atomic E-state index is 12.6. The molecule has 136 valence electrons. The summed E-state index contributed by atoms with van der Waals surface area (Å²) in [7, 11) is 1.51. The summed E-state index contributed by atoms with van der Waals surface area (Å²) in [5.41, 5.74) is 1.33. The molecular formula is C19H20N2O5. The number of nitrogens with zero attached hydrogens (tertiary/aromatic N) is 2. The van der Waals surface area contributed by atoms with E-state index in [2.05, 4.69) is 4.98 Å². The molecule has 2 unspecified atom stereocenters. The van der Waals surface area contributed by atoms with Gasteiger partial charge in [-0.25, -0.2) is 9.78 Å². The zero-order valence-electron chi connectivity index (χ0n) is 14.4. The molecule has 1 aromatic heterocycles. The molecule has 1 aliphatic rings. The number of amides is 1. The van der Waals surface area contributed by atoms with Crippen molar-refractivity contribution in [3.05, 3.63) is 59.8 Å². The number of carbonyl (C=O) groups excluding carboxylic acids is 1. The number of aliphatic carboxylic acids is 1. The van der Waals surface area contributed by atoms with Crippen LogP contribution in [0.5, 0.6) is 5.88 Å². The zero-order chi connectivity index (χ0) is 18.5. The highest BCUT2D eigenvalue weighted by Gasteiger charge is 2.40. The summed E-state index contributed by atoms with van der Waals surface area (Å²) >= 11 is 0. The molecule has 2 heterocycles. The molecule has 0 bridgehead atoms. The Bertz CT molecular complexity index is 763. The quantitative estimate of drug-likeness (QED) is 0.851. The van der Waals surface area contributed by atoms with Gasteiger partial charge < -0.3 is 19.5 Å². The number of hydrogen-bond acceptors (Lipinski definition) is 5. The van der Waals surface area contributed by atoms with E-state index in [4.69, 9.17) is 9.47 Å². The van der Waals surface area contributed by atoms with Crippen molar-refractivity contribution in [3.8, 4) is 5.88 Å². The van der Waals surface area contributed by atoms with Gasteiger partial charge >= 0.3 is 5.97 Å². The smallest absolute Gasteiger partial charge is 0.326 e. The molecule has 1 amide bonds. The summed E-state index contributed by atoms with van der Waals surface area (Å²) in [6.07, 6.45) is 1.41. The van der Waals surface area contributed by atoms with Crippen LogP contribution >= 0.6 is 0 Å². The van der Waals surface area contributed by atoms with Crippen LogP contribution in [0.2, 0.25) is 0 Å². The van der Waals surface area contributed by atoms with Crippen molar-refractivity contribution in [1.82, 2.24) is 9.88 Å². The van der Waals surface area contributed by atoms with Crippen molar-refractivity contribution in [1.29, 1.82) is 0 Å². The van der Waals surface area contributed by atoms with Crippen molar-refractivity contribution in [2.24, 2.45) is 0 Å². The van der Waals surface area contributed by atoms with Crippen molar-refractivity contribution >= 4 is 11.9 Å². The highest BCUT2D eigenvalue weighted by atomic mass is 16.5. The molecule has 7 heteroatoms. The molecule has 1 fully saturated rings. The van der Waals surface area contributed by atoms with Gasteiger partial charge in [-0.05, 0) is 11.6 Å². The van der Waals surface area contributed by atoms with Gasteiger partial charge in [0.2, 0.25) is 5.88 Å². The molecule has 7 nitrogen and oxygen atoms in total. The topological polar surface area (TPSA) is 89.0 Å². The van der Waals surface area contributed by atoms with E-state index < -0.39 is 12.0 Å². The van der Waals surface area contributed by atoms with Gasteiger partial charge in [-0.15, -0.1) is 0 Å². The van der Waals surface area contributed by atoms with Crippen LogP contribution < -0.4 is 4.74 Å². The number of ether oxygens (including phenoxy) is 2. The summed E-state index contributed by atoms with van der Waals surface area (Å²) in [6, 6.07) is 12.0. The van der Waals surface area contributed by atoms with E-state index in [1.54, 1.807) is 12.1 Å². The lowest BCUT2D eigenvalue weighted by molar-refractivity contribution is -0.141. The number of benzene rings is 1. The van der Waals surface area contributed by atoms with Crippen molar-refractivity contribution in [3.63, 3.8) is 0 Å². The number of carboxylic acid groups (broad SMARTS) is 1. The Hall–Kier alpha value is -2.93. The first-order valence-electron chi connectivity index (χ1n) is 8.28. The Kier molecular flexibility index (Phi) is 5.48. The largest absolute Gasteiger partial charge is 0.480 e. The minimum Gasteiger partial charge on any atom is -0.480 e. The molecule has 1 aromatic carbocycles. The van der Waals surface area contributed by atoms with E-state index in [0.717, 1.165) is 5.56 Å². The normalized spacial score (nSPS) is 19.3. The van der Waals surface area contributed by atoms with Gasteiger partial charge in [-0.3, -0.25) is 4.79 Å². The second kappa shape index (κ2) is 7.97. The maximum atomic E-state index is 12.6. The fourth-order valence-electron chi connectivity index (χ4n) is 2.92. The van der Waals surface area contributed by atoms with E-state index in [-0.39, 0.29) is 25.0 Å². The first-order chi connectivity index (χ1) is 12.6. The lowest BCUT2D eigenvalue weighted by Gasteiger charge is -2.21. The lowest BCUT2D eigenvalue weighted by atomic mass is 10.2. The summed E-state index contributed by atoms with van der Waals surface area (Å²) in [4.78, 5) is 29.5. The van der Waals surface area contributed by atoms with Crippen LogP contribution in [0.15, 0.2) is 48.7 Å². The molecule has 0 saturated carbocycles. The van der Waals surface area contributed by atoms with Gasteiger partial charge in [-0.2, -0.15) is 0 Å². The monoisotopic (exact) mass is 356 g/mol. The third-order valence-electron chi connectivity index (χ3n) is 4.35. The van der Waals surface area contributed by atoms with Crippen molar-refractivity contribution in [2.75, 3.05) is 13.7 Å². The molecule has 26 heavy (non-hydrogen) atoms. The number of likely N-dealkylation sites (tertiary alicyclic amines) is 1. The van der Waals surface area contributed by atoms with Crippen LogP contribution in [0.25, 0.3) is 0 Å². The second-order valence-corrected chi connectivity index (χ2v) is 6.06. The third-order valence-corrected chi connectivity index (χ3v) is 4.35. The molecule has 0 radical (unpaired) electrons. The summed E-state index contributed by atoms with van der Waals surface area (Å²) in [5.74, 6) is -1.01. The predicted octanol–water partition coefficient (Wildman–Crippen LogP) is 1.97. The van der Waals surface area contributed by atoms with Crippen LogP contribution in [0.3, 0.4) is 0 Å². The minimum atomic E-state index is -1.03. The van der Waals surface area contributed by atoms with Crippen molar-refractivity contribution < 1.29 is 24.2 Å². The van der Waals surface area contributed by atoms with Crippen LogP contribution in [-0.4, -0.2) is 52.7 Å². The average molecular weight is 356 g/mol. The van der Waals surface area contributed by atoms with Gasteiger partial charge in [0.25, 0.3) is 5.91 Å². The first kappa shape index (κ1) is 17.9. The molecule has 2 atom stereocenters. The molecule has 3 rings (SSSR count). The average Bonchev–Trinajstić information content (AvgIpc) is 3.12. The molecule has 0 aliphatic carbocycles. The van der Waals surface area contributed by atoms with Crippen molar-refractivity contribution in [2.45, 2.75) is 25.2 Å². The van der Waals surface area contributed by atoms with Crippen LogP contribution in [-0.2, 0) is 16.1 Å². The van der Waals surface area contributed by atoms with Crippen LogP contribution in [0, 0.1) is 0 Å². The van der Waals surface area contributed by atoms with E-state index in [0.29, 0.717) is 18.1 Å². The molecular weight excluding hydrogens is 336 g/mol. The molecule has 0 spiro atoms. The molecule has 1 saturated heterocycles. The van der Waals surface area contributed by atoms with Gasteiger partial charge in [-0.1, -0.05) is 30.3 Å². The summed E-state index contributed by atoms with van der Waals surface area (Å²) < 4.78 is 10.8. The van der Waals surface area contributed by atoms with Gasteiger partial charge in [0.1, 0.15) is 12.6 Å². The number of rotatable bonds is 6. The predicted molar refractivity (Wildman–Crippen MR) is 92.9 cm³/mol. The summed E-state index contributed by atoms with van der Waals surface area (Å²) in [5, 5.41) is 9.33. The van der Waals surface area contributed by atoms with Crippen LogP contribution in [0.1, 0.15) is 22.3 Å². The minimum absolute atomic E-state index is 0.249. The fraction of sp³-hybridized carbons (Fsp3) is 0.316. The number of aromatic nitrogens is 1. The van der Waals surface area contributed by atoms with E-state index >= 15 is 0 Å². The molecule has 1 N–H and O–H groups in total. The lowest BCUT2D eigenvalue weighted by Crippen LogP contribution is -2.40. The van der Waals surface area contributed by atoms with Gasteiger partial charge in [0.15, 0.2) is 0 Å². The van der Waals surface area contributed by atoms with E-state index in [1.165, 1.54) is 18.2 Å². The van der Waals surface area contributed by atoms with E-state index in [9.17, 15) is 14.7 Å². The number of hydrogen-bond donors (Lipinski definition) is 1. The first-order valence-corrected chi connectivity index (χ1v) is 8.28. The number of methoxy groups -OCH3 is 1. The molecule has 2 aromatic rings. The zero-order valence-corrected chi connectivity index (χ0v) is 14.4. The Labute approximate surface area is 151 Å². The highest BCUT2D eigenvalue weighted by molar-refractivity contribution is 5.96. The second-order valence-electron chi connectivity index (χ2n) is 6.06. The third kappa shape index (κ3) is 4.00. The maximum Gasteiger partial charge on any atom is 0.326 e. The molecule has 1 aliphatic heterocycles. The fourth-order valence-corrected chi connectivity index (χ4v) is 2.92. The Balaban J connectivity index is 1.65. The number of carboxylic acids is 1. The van der Waals surface area contributed by atoms with Crippen LogP contribution in [0.4, 0.5) is 0 Å². The Morgan fingerprint density at radius 3 is 2.62 bits per heavy atom. The number of pyridine rings is 1. The summed E-state index contributed by atoms with van der Waals surface area (Å²) in [6.45, 7) is 0.627. The Morgan fingerprint density at radius 2 is 2.00 bits per heavy atom. The SMILES string of the molecule is COC1CC(C(=O)O)N(C(=O)c2ccc(OCc3ccccc3)nc2)C1. The highest BCUT2D eigenvalue weighted by Crippen LogP contribution is 2.23. The standard InChI is InChI=1S/C19H20N2O5/c1-25-15-9-16(19(23)24)21(11-15)18(22)14-7-8-17(20-10-14)26-12-13-5-3-2-4-6-13/h2-8,10,15-16H,9,11-12H2,1H3,(H,23,24). The number of carbonyl (C=O) groups is 2. The van der Waals surface area contributed by atoms with Gasteiger partial charge in [0.05, 0.1) is 11.7 Å². The van der Waals surface area contributed by atoms with Gasteiger partial charge in [0, 0.05) is 32.3 Å². The Morgan fingerprint density at radius 1 is 1.23 bits per heavy atom. The van der Waals surface area contributed by atoms with E-state index in [1.807, 2.05) is 30.3 Å².